The minimum atomic E-state index is -0.581. The Labute approximate surface area is 124 Å². The van der Waals surface area contributed by atoms with Gasteiger partial charge in [-0.05, 0) is 30.9 Å². The van der Waals surface area contributed by atoms with E-state index < -0.39 is 6.04 Å². The highest BCUT2D eigenvalue weighted by atomic mass is 16.3. The number of carbonyl (C=O) groups is 1. The lowest BCUT2D eigenvalue weighted by atomic mass is 10.0. The molecule has 0 saturated carbocycles. The number of hydrogen-bond donors (Lipinski definition) is 4. The first-order chi connectivity index (χ1) is 10.1. The van der Waals surface area contributed by atoms with Gasteiger partial charge in [-0.3, -0.25) is 4.79 Å². The number of aliphatic hydroxyl groups is 1. The maximum absolute atomic E-state index is 11.9. The highest BCUT2D eigenvalue weighted by Crippen LogP contribution is 2.18. The van der Waals surface area contributed by atoms with Crippen LogP contribution in [0.4, 0.5) is 0 Å². The average molecular weight is 289 g/mol. The van der Waals surface area contributed by atoms with Gasteiger partial charge in [0.2, 0.25) is 5.91 Å². The van der Waals surface area contributed by atoms with Crippen molar-refractivity contribution in [2.75, 3.05) is 6.54 Å². The zero-order valence-electron chi connectivity index (χ0n) is 12.3. The van der Waals surface area contributed by atoms with Gasteiger partial charge in [0.25, 0.3) is 0 Å². The van der Waals surface area contributed by atoms with Gasteiger partial charge in [0.05, 0.1) is 12.1 Å². The first-order valence-corrected chi connectivity index (χ1v) is 7.38. The van der Waals surface area contributed by atoms with E-state index in [0.717, 1.165) is 16.5 Å². The van der Waals surface area contributed by atoms with E-state index in [2.05, 4.69) is 10.3 Å². The maximum Gasteiger partial charge on any atom is 0.237 e. The molecule has 0 aliphatic rings. The maximum atomic E-state index is 11.9. The minimum absolute atomic E-state index is 0.177. The number of aliphatic hydroxyl groups excluding tert-OH is 1. The molecule has 5 nitrogen and oxygen atoms in total. The number of aromatic nitrogens is 1. The van der Waals surface area contributed by atoms with Crippen molar-refractivity contribution in [2.45, 2.75) is 38.3 Å². The molecule has 0 aliphatic carbocycles. The number of nitrogens with two attached hydrogens (primary N) is 1. The summed E-state index contributed by atoms with van der Waals surface area (Å²) in [4.78, 5) is 15.1. The predicted octanol–water partition coefficient (Wildman–Crippen LogP) is 1.31. The Morgan fingerprint density at radius 2 is 2.19 bits per heavy atom. The molecule has 2 unspecified atom stereocenters. The summed E-state index contributed by atoms with van der Waals surface area (Å²) in [6.07, 6.45) is 3.28. The van der Waals surface area contributed by atoms with E-state index >= 15 is 0 Å². The van der Waals surface area contributed by atoms with E-state index in [1.807, 2.05) is 37.4 Å². The number of para-hydroxylation sites is 1. The Balaban J connectivity index is 1.88. The first-order valence-electron chi connectivity index (χ1n) is 7.38. The molecule has 5 heteroatoms. The van der Waals surface area contributed by atoms with Gasteiger partial charge in [-0.1, -0.05) is 25.1 Å². The van der Waals surface area contributed by atoms with E-state index in [4.69, 9.17) is 5.73 Å². The van der Waals surface area contributed by atoms with Crippen molar-refractivity contribution in [1.82, 2.24) is 10.3 Å². The van der Waals surface area contributed by atoms with E-state index in [9.17, 15) is 9.90 Å². The number of H-pyrrole nitrogens is 1. The molecule has 2 atom stereocenters. The van der Waals surface area contributed by atoms with Crippen LogP contribution in [0.2, 0.25) is 0 Å². The lowest BCUT2D eigenvalue weighted by Crippen LogP contribution is -2.42. The fourth-order valence-electron chi connectivity index (χ4n) is 2.33. The third-order valence-electron chi connectivity index (χ3n) is 3.70. The molecule has 0 aliphatic heterocycles. The highest BCUT2D eigenvalue weighted by molar-refractivity contribution is 5.86. The molecule has 1 amide bonds. The van der Waals surface area contributed by atoms with Crippen molar-refractivity contribution in [3.8, 4) is 0 Å². The van der Waals surface area contributed by atoms with Crippen LogP contribution >= 0.6 is 0 Å². The zero-order chi connectivity index (χ0) is 15.2. The monoisotopic (exact) mass is 289 g/mol. The number of rotatable bonds is 7. The summed E-state index contributed by atoms with van der Waals surface area (Å²) < 4.78 is 0. The van der Waals surface area contributed by atoms with Crippen molar-refractivity contribution in [3.63, 3.8) is 0 Å². The topological polar surface area (TPSA) is 91.1 Å². The Kier molecular flexibility index (Phi) is 5.36. The van der Waals surface area contributed by atoms with Crippen molar-refractivity contribution in [2.24, 2.45) is 5.73 Å². The number of amides is 1. The van der Waals surface area contributed by atoms with Gasteiger partial charge in [0.15, 0.2) is 0 Å². The molecule has 1 aromatic heterocycles. The predicted molar refractivity (Wildman–Crippen MR) is 83.9 cm³/mol. The molecule has 21 heavy (non-hydrogen) atoms. The van der Waals surface area contributed by atoms with Crippen LogP contribution in [-0.4, -0.2) is 34.7 Å². The molecule has 0 radical (unpaired) electrons. The molecule has 114 valence electrons. The summed E-state index contributed by atoms with van der Waals surface area (Å²) in [5, 5.41) is 13.3. The van der Waals surface area contributed by atoms with Crippen LogP contribution in [-0.2, 0) is 11.2 Å². The number of fused-ring (bicyclic) bond motifs is 1. The van der Waals surface area contributed by atoms with Crippen LogP contribution in [0.1, 0.15) is 25.3 Å². The number of hydrogen-bond acceptors (Lipinski definition) is 3. The quantitative estimate of drug-likeness (QED) is 0.619. The van der Waals surface area contributed by atoms with E-state index in [0.29, 0.717) is 25.8 Å². The molecular weight excluding hydrogens is 266 g/mol. The molecule has 5 N–H and O–H groups in total. The summed E-state index contributed by atoms with van der Waals surface area (Å²) in [7, 11) is 0. The van der Waals surface area contributed by atoms with Crippen LogP contribution in [0.5, 0.6) is 0 Å². The summed E-state index contributed by atoms with van der Waals surface area (Å²) in [6.45, 7) is 2.37. The van der Waals surface area contributed by atoms with Crippen LogP contribution in [0.25, 0.3) is 10.9 Å². The van der Waals surface area contributed by atoms with E-state index in [1.165, 1.54) is 0 Å². The van der Waals surface area contributed by atoms with Crippen LogP contribution in [0.15, 0.2) is 30.5 Å². The molecule has 1 aromatic carbocycles. The third kappa shape index (κ3) is 4.06. The second-order valence-corrected chi connectivity index (χ2v) is 5.31. The van der Waals surface area contributed by atoms with E-state index in [1.54, 1.807) is 0 Å². The minimum Gasteiger partial charge on any atom is -0.393 e. The standard InChI is InChI=1S/C16H23N3O2/c1-2-12(20)7-8-18-16(21)14(17)9-11-10-19-15-6-4-3-5-13(11)15/h3-6,10,12,14,19-20H,2,7-9,17H2,1H3,(H,18,21). The molecule has 2 rings (SSSR count). The highest BCUT2D eigenvalue weighted by Gasteiger charge is 2.16. The first kappa shape index (κ1) is 15.5. The lowest BCUT2D eigenvalue weighted by molar-refractivity contribution is -0.122. The second-order valence-electron chi connectivity index (χ2n) is 5.31. The van der Waals surface area contributed by atoms with Crippen molar-refractivity contribution in [3.05, 3.63) is 36.0 Å². The Bertz CT molecular complexity index is 594. The fraction of sp³-hybridized carbons (Fsp3) is 0.438. The molecule has 1 heterocycles. The van der Waals surface area contributed by atoms with Crippen molar-refractivity contribution in [1.29, 1.82) is 0 Å². The number of carbonyl (C=O) groups excluding carboxylic acids is 1. The second kappa shape index (κ2) is 7.24. The number of benzene rings is 1. The number of aromatic amines is 1. The summed E-state index contributed by atoms with van der Waals surface area (Å²) in [5.41, 5.74) is 8.05. The third-order valence-corrected chi connectivity index (χ3v) is 3.70. The SMILES string of the molecule is CCC(O)CCNC(=O)C(N)Cc1c[nH]c2ccccc12. The summed E-state index contributed by atoms with van der Waals surface area (Å²) in [6, 6.07) is 7.37. The summed E-state index contributed by atoms with van der Waals surface area (Å²) in [5.74, 6) is -0.177. The van der Waals surface area contributed by atoms with Gasteiger partial charge >= 0.3 is 0 Å². The molecule has 0 bridgehead atoms. The summed E-state index contributed by atoms with van der Waals surface area (Å²) >= 11 is 0. The Morgan fingerprint density at radius 1 is 1.43 bits per heavy atom. The largest absolute Gasteiger partial charge is 0.393 e. The van der Waals surface area contributed by atoms with Gasteiger partial charge in [-0.15, -0.1) is 0 Å². The molecular formula is C16H23N3O2. The molecule has 2 aromatic rings. The van der Waals surface area contributed by atoms with Gasteiger partial charge in [-0.25, -0.2) is 0 Å². The van der Waals surface area contributed by atoms with Gasteiger partial charge in [-0.2, -0.15) is 0 Å². The zero-order valence-corrected chi connectivity index (χ0v) is 12.3. The van der Waals surface area contributed by atoms with Gasteiger partial charge in [0, 0.05) is 23.6 Å². The van der Waals surface area contributed by atoms with Gasteiger partial charge in [0.1, 0.15) is 0 Å². The van der Waals surface area contributed by atoms with Crippen LogP contribution < -0.4 is 11.1 Å². The van der Waals surface area contributed by atoms with Crippen LogP contribution in [0.3, 0.4) is 0 Å². The van der Waals surface area contributed by atoms with Crippen molar-refractivity contribution < 1.29 is 9.90 Å². The Hall–Kier alpha value is -1.85. The fourth-order valence-corrected chi connectivity index (χ4v) is 2.33. The average Bonchev–Trinajstić information content (AvgIpc) is 2.90. The molecule has 0 spiro atoms. The van der Waals surface area contributed by atoms with Crippen molar-refractivity contribution >= 4 is 16.8 Å². The van der Waals surface area contributed by atoms with Crippen LogP contribution in [0, 0.1) is 0 Å². The number of nitrogens with one attached hydrogen (secondary N) is 2. The lowest BCUT2D eigenvalue weighted by Gasteiger charge is -2.13. The normalized spacial score (nSPS) is 14.0. The van der Waals surface area contributed by atoms with Gasteiger partial charge < -0.3 is 21.1 Å². The molecule has 0 fully saturated rings. The smallest absolute Gasteiger partial charge is 0.237 e. The Morgan fingerprint density at radius 3 is 2.95 bits per heavy atom. The molecule has 0 saturated heterocycles. The van der Waals surface area contributed by atoms with E-state index in [-0.39, 0.29) is 12.0 Å².